The number of carboxylic acids is 2. The van der Waals surface area contributed by atoms with E-state index in [1.165, 1.54) is 0 Å². The van der Waals surface area contributed by atoms with Crippen molar-refractivity contribution in [2.24, 2.45) is 5.41 Å². The first kappa shape index (κ1) is 30.9. The number of hydrogen-bond acceptors (Lipinski definition) is 6. The lowest BCUT2D eigenvalue weighted by atomic mass is 9.79. The third-order valence-corrected chi connectivity index (χ3v) is 7.18. The van der Waals surface area contributed by atoms with E-state index in [1.807, 2.05) is 24.3 Å². The van der Waals surface area contributed by atoms with Crippen LogP contribution in [0.25, 0.3) is 0 Å². The van der Waals surface area contributed by atoms with Crippen molar-refractivity contribution in [2.45, 2.75) is 59.9 Å². The Morgan fingerprint density at radius 1 is 0.683 bits per heavy atom. The van der Waals surface area contributed by atoms with Gasteiger partial charge in [0.15, 0.2) is 5.78 Å². The van der Waals surface area contributed by atoms with E-state index in [9.17, 15) is 29.4 Å². The molecule has 9 heteroatoms. The van der Waals surface area contributed by atoms with Gasteiger partial charge in [-0.3, -0.25) is 9.59 Å². The molecule has 0 aliphatic carbocycles. The van der Waals surface area contributed by atoms with Gasteiger partial charge in [-0.2, -0.15) is 0 Å². The van der Waals surface area contributed by atoms with Crippen LogP contribution >= 0.6 is 0 Å². The monoisotopic (exact) mass is 560 g/mol. The van der Waals surface area contributed by atoms with Gasteiger partial charge in [0.1, 0.15) is 11.5 Å². The molecule has 216 valence electrons. The van der Waals surface area contributed by atoms with Gasteiger partial charge in [-0.25, -0.2) is 9.59 Å². The summed E-state index contributed by atoms with van der Waals surface area (Å²) >= 11 is 0. The Labute approximate surface area is 239 Å². The summed E-state index contributed by atoms with van der Waals surface area (Å²) in [5.41, 5.74) is -1.15. The van der Waals surface area contributed by atoms with Crippen molar-refractivity contribution in [3.63, 3.8) is 0 Å². The maximum Gasteiger partial charge on any atom is 0.336 e. The first-order chi connectivity index (χ1) is 19.2. The number of hydrogen-bond donors (Lipinski definition) is 4. The Bertz CT molecular complexity index is 1460. The molecule has 0 spiro atoms. The number of nitrogens with one attached hydrogen (secondary N) is 2. The van der Waals surface area contributed by atoms with Gasteiger partial charge in [-0.15, -0.1) is 0 Å². The molecule has 3 aromatic carbocycles. The van der Waals surface area contributed by atoms with Gasteiger partial charge < -0.3 is 25.6 Å². The molecule has 0 unspecified atom stereocenters. The quantitative estimate of drug-likeness (QED) is 0.168. The van der Waals surface area contributed by atoms with Crippen LogP contribution in [-0.4, -0.2) is 39.4 Å². The smallest absolute Gasteiger partial charge is 0.336 e. The highest BCUT2D eigenvalue weighted by atomic mass is 16.5. The van der Waals surface area contributed by atoms with Gasteiger partial charge >= 0.3 is 11.9 Å². The molecule has 0 radical (unpaired) electrons. The van der Waals surface area contributed by atoms with E-state index in [2.05, 4.69) is 31.4 Å². The molecule has 0 fully saturated rings. The summed E-state index contributed by atoms with van der Waals surface area (Å²) < 4.78 is 5.89. The van der Waals surface area contributed by atoms with Crippen LogP contribution in [0, 0.1) is 5.41 Å². The van der Waals surface area contributed by atoms with Crippen LogP contribution in [0.3, 0.4) is 0 Å². The number of ether oxygens (including phenoxy) is 1. The average Bonchev–Trinajstić information content (AvgIpc) is 2.93. The number of amides is 1. The summed E-state index contributed by atoms with van der Waals surface area (Å²) in [6, 6.07) is 15.9. The van der Waals surface area contributed by atoms with Gasteiger partial charge in [-0.1, -0.05) is 27.7 Å². The Hall–Kier alpha value is -4.66. The minimum Gasteiger partial charge on any atom is -0.478 e. The Morgan fingerprint density at radius 3 is 1.61 bits per heavy atom. The molecule has 1 amide bonds. The standard InChI is InChI=1S/C32H36N2O7/c1-7-31(3,4)27(35)23-17-24(26(30(39)40)18-25(23)29(37)38)28(36)33-19-9-13-21(14-10-19)41-22-15-11-20(12-16-22)34-32(5,6)8-2/h9-18,34H,7-8H2,1-6H3,(H,33,36)(H,37,38)(H,39,40). The number of carbonyl (C=O) groups is 4. The van der Waals surface area contributed by atoms with E-state index in [1.54, 1.807) is 45.0 Å². The number of carboxylic acid groups (broad SMARTS) is 2. The van der Waals surface area contributed by atoms with Crippen molar-refractivity contribution in [3.05, 3.63) is 82.9 Å². The molecule has 0 heterocycles. The molecule has 0 aliphatic rings. The summed E-state index contributed by atoms with van der Waals surface area (Å²) in [6.07, 6.45) is 1.38. The average molecular weight is 561 g/mol. The van der Waals surface area contributed by atoms with Crippen LogP contribution in [0.5, 0.6) is 11.5 Å². The molecule has 0 saturated heterocycles. The number of carbonyl (C=O) groups excluding carboxylic acids is 2. The van der Waals surface area contributed by atoms with Gasteiger partial charge in [0, 0.05) is 27.9 Å². The van der Waals surface area contributed by atoms with E-state index in [0.717, 1.165) is 24.2 Å². The third-order valence-electron chi connectivity index (χ3n) is 7.18. The maximum absolute atomic E-state index is 13.2. The van der Waals surface area contributed by atoms with Crippen LogP contribution < -0.4 is 15.4 Å². The summed E-state index contributed by atoms with van der Waals surface area (Å²) in [7, 11) is 0. The Balaban J connectivity index is 1.82. The highest BCUT2D eigenvalue weighted by molar-refractivity contribution is 6.15. The molecule has 41 heavy (non-hydrogen) atoms. The van der Waals surface area contributed by atoms with Gasteiger partial charge in [0.05, 0.1) is 16.7 Å². The molecule has 9 nitrogen and oxygen atoms in total. The van der Waals surface area contributed by atoms with E-state index >= 15 is 0 Å². The number of rotatable bonds is 12. The molecular weight excluding hydrogens is 524 g/mol. The molecule has 3 aromatic rings. The van der Waals surface area contributed by atoms with Crippen molar-refractivity contribution >= 4 is 35.0 Å². The van der Waals surface area contributed by atoms with E-state index in [4.69, 9.17) is 4.74 Å². The number of benzene rings is 3. The topological polar surface area (TPSA) is 142 Å². The SMILES string of the molecule is CCC(C)(C)Nc1ccc(Oc2ccc(NC(=O)c3cc(C(=O)C(C)(C)CC)c(C(=O)O)cc3C(=O)O)cc2)cc1. The predicted octanol–water partition coefficient (Wildman–Crippen LogP) is 7.35. The molecule has 0 bridgehead atoms. The van der Waals surface area contributed by atoms with Crippen molar-refractivity contribution in [1.29, 1.82) is 0 Å². The summed E-state index contributed by atoms with van der Waals surface area (Å²) in [4.78, 5) is 50.1. The highest BCUT2D eigenvalue weighted by Crippen LogP contribution is 2.30. The van der Waals surface area contributed by atoms with Gasteiger partial charge in [0.2, 0.25) is 0 Å². The molecule has 0 aromatic heterocycles. The second-order valence-electron chi connectivity index (χ2n) is 11.1. The second kappa shape index (κ2) is 12.2. The summed E-state index contributed by atoms with van der Waals surface area (Å²) in [6.45, 7) is 11.5. The van der Waals surface area contributed by atoms with Crippen molar-refractivity contribution < 1.29 is 34.1 Å². The maximum atomic E-state index is 13.2. The van der Waals surface area contributed by atoms with E-state index < -0.39 is 40.2 Å². The number of aromatic carboxylic acids is 2. The fraction of sp³-hybridized carbons (Fsp3) is 0.312. The van der Waals surface area contributed by atoms with Crippen LogP contribution in [0.15, 0.2) is 60.7 Å². The minimum atomic E-state index is -1.49. The van der Waals surface area contributed by atoms with Crippen LogP contribution in [-0.2, 0) is 0 Å². The van der Waals surface area contributed by atoms with Crippen molar-refractivity contribution in [2.75, 3.05) is 10.6 Å². The summed E-state index contributed by atoms with van der Waals surface area (Å²) in [5, 5.41) is 25.4. The van der Waals surface area contributed by atoms with Gasteiger partial charge in [0.25, 0.3) is 5.91 Å². The Kier molecular flexibility index (Phi) is 9.22. The molecule has 0 aliphatic heterocycles. The highest BCUT2D eigenvalue weighted by Gasteiger charge is 2.32. The molecular formula is C32H36N2O7. The Morgan fingerprint density at radius 2 is 1.15 bits per heavy atom. The largest absolute Gasteiger partial charge is 0.478 e. The molecule has 0 atom stereocenters. The number of anilines is 2. The minimum absolute atomic E-state index is 0.0324. The molecule has 3 rings (SSSR count). The zero-order chi connectivity index (χ0) is 30.5. The molecule has 4 N–H and O–H groups in total. The summed E-state index contributed by atoms with van der Waals surface area (Å²) in [5.74, 6) is -3.10. The number of ketones is 1. The third kappa shape index (κ3) is 7.51. The van der Waals surface area contributed by atoms with Crippen molar-refractivity contribution in [1.82, 2.24) is 0 Å². The lowest BCUT2D eigenvalue weighted by molar-refractivity contribution is 0.0683. The second-order valence-corrected chi connectivity index (χ2v) is 11.1. The number of Topliss-reactive ketones (excluding diaryl/α,β-unsaturated/α-hetero) is 1. The van der Waals surface area contributed by atoms with Crippen molar-refractivity contribution in [3.8, 4) is 11.5 Å². The van der Waals surface area contributed by atoms with Crippen LogP contribution in [0.2, 0.25) is 0 Å². The first-order valence-corrected chi connectivity index (χ1v) is 13.3. The van der Waals surface area contributed by atoms with E-state index in [-0.39, 0.29) is 16.7 Å². The first-order valence-electron chi connectivity index (χ1n) is 13.3. The van der Waals surface area contributed by atoms with E-state index in [0.29, 0.717) is 23.6 Å². The zero-order valence-electron chi connectivity index (χ0n) is 24.1. The fourth-order valence-corrected chi connectivity index (χ4v) is 3.88. The zero-order valence-corrected chi connectivity index (χ0v) is 24.1. The van der Waals surface area contributed by atoms with Crippen LogP contribution in [0.1, 0.15) is 95.8 Å². The van der Waals surface area contributed by atoms with Crippen LogP contribution in [0.4, 0.5) is 11.4 Å². The lowest BCUT2D eigenvalue weighted by Gasteiger charge is -2.26. The fourth-order valence-electron chi connectivity index (χ4n) is 3.88. The molecule has 0 saturated carbocycles. The van der Waals surface area contributed by atoms with Gasteiger partial charge in [-0.05, 0) is 87.4 Å². The lowest BCUT2D eigenvalue weighted by Crippen LogP contribution is -2.29. The normalized spacial score (nSPS) is 11.5. The predicted molar refractivity (Wildman–Crippen MR) is 158 cm³/mol.